The Hall–Kier alpha value is -2.96. The van der Waals surface area contributed by atoms with Gasteiger partial charge in [-0.2, -0.15) is 0 Å². The zero-order chi connectivity index (χ0) is 18.4. The molecule has 2 rings (SSSR count). The van der Waals surface area contributed by atoms with E-state index in [2.05, 4.69) is 20.9 Å². The van der Waals surface area contributed by atoms with Gasteiger partial charge in [-0.3, -0.25) is 9.59 Å². The zero-order valence-corrected chi connectivity index (χ0v) is 14.4. The van der Waals surface area contributed by atoms with Gasteiger partial charge in [-0.15, -0.1) is 0 Å². The molecule has 0 aliphatic rings. The minimum Gasteiger partial charge on any atom is -0.350 e. The molecule has 0 saturated heterocycles. The van der Waals surface area contributed by atoms with Gasteiger partial charge in [0.1, 0.15) is 11.6 Å². The lowest BCUT2D eigenvalue weighted by molar-refractivity contribution is -0.121. The number of rotatable bonds is 5. The first-order valence-corrected chi connectivity index (χ1v) is 7.82. The molecular formula is C18H21FN4O2. The third-order valence-corrected chi connectivity index (χ3v) is 3.10. The number of pyridine rings is 1. The highest BCUT2D eigenvalue weighted by Gasteiger charge is 2.17. The molecule has 0 radical (unpaired) electrons. The molecule has 0 bridgehead atoms. The first-order valence-electron chi connectivity index (χ1n) is 7.82. The molecule has 1 heterocycles. The SMILES string of the molecule is CC(C)(C)NC(=O)CNC(=O)c1cccnc1Nc1ccccc1F. The number of amides is 2. The highest BCUT2D eigenvalue weighted by Crippen LogP contribution is 2.20. The van der Waals surface area contributed by atoms with Crippen molar-refractivity contribution in [3.05, 3.63) is 54.0 Å². The molecule has 25 heavy (non-hydrogen) atoms. The Kier molecular flexibility index (Phi) is 5.69. The van der Waals surface area contributed by atoms with E-state index in [1.54, 1.807) is 30.3 Å². The molecule has 0 saturated carbocycles. The van der Waals surface area contributed by atoms with Crippen LogP contribution in [0.15, 0.2) is 42.6 Å². The van der Waals surface area contributed by atoms with Gasteiger partial charge in [0.25, 0.3) is 5.91 Å². The van der Waals surface area contributed by atoms with Gasteiger partial charge >= 0.3 is 0 Å². The summed E-state index contributed by atoms with van der Waals surface area (Å²) in [6.45, 7) is 5.39. The van der Waals surface area contributed by atoms with E-state index in [0.717, 1.165) is 0 Å². The van der Waals surface area contributed by atoms with E-state index in [4.69, 9.17) is 0 Å². The summed E-state index contributed by atoms with van der Waals surface area (Å²) in [6, 6.07) is 9.24. The number of anilines is 2. The van der Waals surface area contributed by atoms with Crippen LogP contribution in [-0.4, -0.2) is 28.9 Å². The van der Waals surface area contributed by atoms with Crippen LogP contribution in [0.1, 0.15) is 31.1 Å². The maximum absolute atomic E-state index is 13.8. The molecule has 132 valence electrons. The molecule has 0 aliphatic heterocycles. The van der Waals surface area contributed by atoms with Crippen LogP contribution in [0.4, 0.5) is 15.9 Å². The van der Waals surface area contributed by atoms with Crippen molar-refractivity contribution >= 4 is 23.3 Å². The third-order valence-electron chi connectivity index (χ3n) is 3.10. The second kappa shape index (κ2) is 7.74. The second-order valence-electron chi connectivity index (χ2n) is 6.49. The van der Waals surface area contributed by atoms with Crippen molar-refractivity contribution in [3.8, 4) is 0 Å². The Morgan fingerprint density at radius 2 is 1.84 bits per heavy atom. The Morgan fingerprint density at radius 3 is 2.52 bits per heavy atom. The third kappa shape index (κ3) is 5.56. The standard InChI is InChI=1S/C18H21FN4O2/c1-18(2,3)23-15(24)11-21-17(25)12-7-6-10-20-16(12)22-14-9-5-4-8-13(14)19/h4-10H,11H2,1-3H3,(H,20,22)(H,21,25)(H,23,24). The molecule has 3 N–H and O–H groups in total. The molecule has 1 aromatic heterocycles. The number of hydrogen-bond donors (Lipinski definition) is 3. The average Bonchev–Trinajstić information content (AvgIpc) is 2.54. The normalized spacial score (nSPS) is 10.9. The van der Waals surface area contributed by atoms with Crippen LogP contribution in [0.2, 0.25) is 0 Å². The van der Waals surface area contributed by atoms with E-state index in [1.807, 2.05) is 20.8 Å². The number of hydrogen-bond acceptors (Lipinski definition) is 4. The monoisotopic (exact) mass is 344 g/mol. The molecule has 2 amide bonds. The van der Waals surface area contributed by atoms with E-state index in [1.165, 1.54) is 12.3 Å². The fourth-order valence-electron chi connectivity index (χ4n) is 2.10. The van der Waals surface area contributed by atoms with E-state index in [0.29, 0.717) is 0 Å². The van der Waals surface area contributed by atoms with Crippen molar-refractivity contribution < 1.29 is 14.0 Å². The minimum atomic E-state index is -0.476. The molecule has 0 atom stereocenters. The van der Waals surface area contributed by atoms with Crippen molar-refractivity contribution in [1.29, 1.82) is 0 Å². The molecule has 2 aromatic rings. The highest BCUT2D eigenvalue weighted by molar-refractivity contribution is 6.00. The number of benzene rings is 1. The number of halogens is 1. The summed E-state index contributed by atoms with van der Waals surface area (Å²) >= 11 is 0. The molecule has 0 fully saturated rings. The van der Waals surface area contributed by atoms with E-state index in [9.17, 15) is 14.0 Å². The number of para-hydroxylation sites is 1. The number of nitrogens with zero attached hydrogens (tertiary/aromatic N) is 1. The predicted molar refractivity (Wildman–Crippen MR) is 94.1 cm³/mol. The van der Waals surface area contributed by atoms with Crippen molar-refractivity contribution in [1.82, 2.24) is 15.6 Å². The van der Waals surface area contributed by atoms with Crippen molar-refractivity contribution in [3.63, 3.8) is 0 Å². The van der Waals surface area contributed by atoms with Crippen LogP contribution in [0, 0.1) is 5.82 Å². The van der Waals surface area contributed by atoms with Gasteiger partial charge in [-0.1, -0.05) is 12.1 Å². The van der Waals surface area contributed by atoms with Gasteiger partial charge in [0.05, 0.1) is 17.8 Å². The number of carbonyl (C=O) groups excluding carboxylic acids is 2. The van der Waals surface area contributed by atoms with Crippen LogP contribution >= 0.6 is 0 Å². The predicted octanol–water partition coefficient (Wildman–Crippen LogP) is 2.61. The molecule has 0 aliphatic carbocycles. The molecule has 7 heteroatoms. The minimum absolute atomic E-state index is 0.163. The summed E-state index contributed by atoms with van der Waals surface area (Å²) in [5.74, 6) is -1.02. The van der Waals surface area contributed by atoms with Gasteiger partial charge < -0.3 is 16.0 Å². The highest BCUT2D eigenvalue weighted by atomic mass is 19.1. The molecule has 0 unspecified atom stereocenters. The summed E-state index contributed by atoms with van der Waals surface area (Å²) in [5.41, 5.74) is 0.0447. The van der Waals surface area contributed by atoms with Crippen LogP contribution in [-0.2, 0) is 4.79 Å². The van der Waals surface area contributed by atoms with E-state index < -0.39 is 11.7 Å². The topological polar surface area (TPSA) is 83.1 Å². The van der Waals surface area contributed by atoms with Crippen molar-refractivity contribution in [2.75, 3.05) is 11.9 Å². The van der Waals surface area contributed by atoms with Crippen molar-refractivity contribution in [2.24, 2.45) is 0 Å². The van der Waals surface area contributed by atoms with Gasteiger partial charge in [-0.05, 0) is 45.0 Å². The smallest absolute Gasteiger partial charge is 0.255 e. The Bertz CT molecular complexity index is 772. The first-order chi connectivity index (χ1) is 11.8. The molecule has 1 aromatic carbocycles. The Morgan fingerprint density at radius 1 is 1.12 bits per heavy atom. The Balaban J connectivity index is 2.08. The quantitative estimate of drug-likeness (QED) is 0.779. The fourth-order valence-corrected chi connectivity index (χ4v) is 2.10. The molecular weight excluding hydrogens is 323 g/mol. The summed E-state index contributed by atoms with van der Waals surface area (Å²) < 4.78 is 13.8. The molecule has 6 nitrogen and oxygen atoms in total. The van der Waals surface area contributed by atoms with Crippen LogP contribution in [0.3, 0.4) is 0 Å². The van der Waals surface area contributed by atoms with Crippen LogP contribution < -0.4 is 16.0 Å². The average molecular weight is 344 g/mol. The second-order valence-corrected chi connectivity index (χ2v) is 6.49. The van der Waals surface area contributed by atoms with Crippen LogP contribution in [0.25, 0.3) is 0 Å². The lowest BCUT2D eigenvalue weighted by atomic mass is 10.1. The molecule has 0 spiro atoms. The number of carbonyl (C=O) groups is 2. The summed E-state index contributed by atoms with van der Waals surface area (Å²) in [4.78, 5) is 28.2. The van der Waals surface area contributed by atoms with Gasteiger partial charge in [0.15, 0.2) is 0 Å². The maximum Gasteiger partial charge on any atom is 0.255 e. The lowest BCUT2D eigenvalue weighted by Crippen LogP contribution is -2.45. The number of nitrogens with one attached hydrogen (secondary N) is 3. The summed E-state index contributed by atoms with van der Waals surface area (Å²) in [6.07, 6.45) is 1.49. The maximum atomic E-state index is 13.8. The van der Waals surface area contributed by atoms with Gasteiger partial charge in [0.2, 0.25) is 5.91 Å². The Labute approximate surface area is 145 Å². The van der Waals surface area contributed by atoms with Gasteiger partial charge in [-0.25, -0.2) is 9.37 Å². The van der Waals surface area contributed by atoms with Gasteiger partial charge in [0, 0.05) is 11.7 Å². The van der Waals surface area contributed by atoms with E-state index in [-0.39, 0.29) is 35.1 Å². The van der Waals surface area contributed by atoms with E-state index >= 15 is 0 Å². The summed E-state index contributed by atoms with van der Waals surface area (Å²) in [7, 11) is 0. The lowest BCUT2D eigenvalue weighted by Gasteiger charge is -2.20. The first kappa shape index (κ1) is 18.4. The fraction of sp³-hybridized carbons (Fsp3) is 0.278. The van der Waals surface area contributed by atoms with Crippen molar-refractivity contribution in [2.45, 2.75) is 26.3 Å². The largest absolute Gasteiger partial charge is 0.350 e. The van der Waals surface area contributed by atoms with Crippen LogP contribution in [0.5, 0.6) is 0 Å². The number of aromatic nitrogens is 1. The summed E-state index contributed by atoms with van der Waals surface area (Å²) in [5, 5.41) is 8.09. The zero-order valence-electron chi connectivity index (χ0n) is 14.4.